The molecule has 0 aliphatic carbocycles. The zero-order chi connectivity index (χ0) is 10.8. The van der Waals surface area contributed by atoms with Crippen LogP contribution in [0.2, 0.25) is 5.02 Å². The summed E-state index contributed by atoms with van der Waals surface area (Å²) >= 11 is 5.71. The Hall–Kier alpha value is -1.04. The summed E-state index contributed by atoms with van der Waals surface area (Å²) in [6.45, 7) is 1.06. The number of hydrogen-bond acceptors (Lipinski definition) is 4. The summed E-state index contributed by atoms with van der Waals surface area (Å²) in [5.41, 5.74) is -0.365. The lowest BCUT2D eigenvalue weighted by Gasteiger charge is -2.22. The van der Waals surface area contributed by atoms with Crippen LogP contribution in [0, 0.1) is 0 Å². The van der Waals surface area contributed by atoms with Gasteiger partial charge >= 0.3 is 0 Å². The molecule has 5 nitrogen and oxygen atoms in total. The molecule has 1 saturated heterocycles. The molecule has 0 spiro atoms. The fraction of sp³-hybridized carbons (Fsp3) is 0.444. The highest BCUT2D eigenvalue weighted by Gasteiger charge is 2.21. The van der Waals surface area contributed by atoms with Gasteiger partial charge in [0.05, 0.1) is 30.0 Å². The minimum Gasteiger partial charge on any atom is -0.425 e. The van der Waals surface area contributed by atoms with Crippen LogP contribution in [-0.2, 0) is 9.47 Å². The smallest absolute Gasteiger partial charge is 0.291 e. The van der Waals surface area contributed by atoms with Crippen molar-refractivity contribution in [2.75, 3.05) is 13.2 Å². The van der Waals surface area contributed by atoms with Gasteiger partial charge in [0.1, 0.15) is 0 Å². The van der Waals surface area contributed by atoms with Crippen LogP contribution >= 0.6 is 11.6 Å². The Kier molecular flexibility index (Phi) is 2.95. The molecule has 0 unspecified atom stereocenters. The standard InChI is InChI=1S/C9H10ClNO4/c10-6-4-7(8(12)11(13)5-6)9-14-2-1-3-15-9/h4-5,9,13H,1-3H2. The summed E-state index contributed by atoms with van der Waals surface area (Å²) in [6, 6.07) is 1.44. The molecule has 0 aromatic carbocycles. The van der Waals surface area contributed by atoms with E-state index in [4.69, 9.17) is 21.1 Å². The van der Waals surface area contributed by atoms with E-state index < -0.39 is 11.8 Å². The van der Waals surface area contributed by atoms with E-state index in [2.05, 4.69) is 0 Å². The third-order valence-corrected chi connectivity index (χ3v) is 2.28. The number of ether oxygens (including phenoxy) is 2. The highest BCUT2D eigenvalue weighted by Crippen LogP contribution is 2.21. The van der Waals surface area contributed by atoms with E-state index in [0.717, 1.165) is 12.6 Å². The van der Waals surface area contributed by atoms with Crippen molar-refractivity contribution in [1.29, 1.82) is 0 Å². The quantitative estimate of drug-likeness (QED) is 0.738. The Labute approximate surface area is 90.8 Å². The van der Waals surface area contributed by atoms with Crippen LogP contribution in [0.4, 0.5) is 0 Å². The molecule has 1 aromatic heterocycles. The van der Waals surface area contributed by atoms with Crippen molar-refractivity contribution in [2.45, 2.75) is 12.7 Å². The Morgan fingerprint density at radius 2 is 2.13 bits per heavy atom. The molecule has 6 heteroatoms. The Morgan fingerprint density at radius 1 is 1.47 bits per heavy atom. The molecular formula is C9H10ClNO4. The van der Waals surface area contributed by atoms with Crippen LogP contribution in [0.1, 0.15) is 18.3 Å². The third-order valence-electron chi connectivity index (χ3n) is 2.08. The first-order chi connectivity index (χ1) is 7.18. The van der Waals surface area contributed by atoms with Crippen LogP contribution in [0.25, 0.3) is 0 Å². The van der Waals surface area contributed by atoms with Gasteiger partial charge in [0.2, 0.25) is 0 Å². The van der Waals surface area contributed by atoms with Crippen LogP contribution in [0.3, 0.4) is 0 Å². The van der Waals surface area contributed by atoms with Crippen LogP contribution in [0.5, 0.6) is 0 Å². The lowest BCUT2D eigenvalue weighted by Crippen LogP contribution is -2.28. The molecule has 2 rings (SSSR count). The number of aromatic nitrogens is 1. The molecule has 0 bridgehead atoms. The van der Waals surface area contributed by atoms with Gasteiger partial charge < -0.3 is 14.7 Å². The highest BCUT2D eigenvalue weighted by atomic mass is 35.5. The zero-order valence-electron chi connectivity index (χ0n) is 7.85. The molecule has 0 atom stereocenters. The highest BCUT2D eigenvalue weighted by molar-refractivity contribution is 6.30. The van der Waals surface area contributed by atoms with Gasteiger partial charge in [-0.2, -0.15) is 4.73 Å². The summed E-state index contributed by atoms with van der Waals surface area (Å²) in [7, 11) is 0. The molecule has 15 heavy (non-hydrogen) atoms. The van der Waals surface area contributed by atoms with E-state index in [1.165, 1.54) is 6.07 Å². The Balaban J connectivity index is 2.38. The van der Waals surface area contributed by atoms with E-state index >= 15 is 0 Å². The van der Waals surface area contributed by atoms with E-state index in [1.54, 1.807) is 0 Å². The van der Waals surface area contributed by atoms with E-state index in [-0.39, 0.29) is 10.6 Å². The molecular weight excluding hydrogens is 222 g/mol. The molecule has 82 valence electrons. The van der Waals surface area contributed by atoms with Crippen molar-refractivity contribution in [3.05, 3.63) is 33.2 Å². The first-order valence-electron chi connectivity index (χ1n) is 4.53. The molecule has 0 amide bonds. The third kappa shape index (κ3) is 2.14. The van der Waals surface area contributed by atoms with E-state index in [1.807, 2.05) is 0 Å². The first-order valence-corrected chi connectivity index (χ1v) is 4.91. The number of halogens is 1. The topological polar surface area (TPSA) is 60.7 Å². The summed E-state index contributed by atoms with van der Waals surface area (Å²) in [5.74, 6) is 0. The second-order valence-corrected chi connectivity index (χ2v) is 3.63. The normalized spacial score (nSPS) is 17.9. The maximum Gasteiger partial charge on any atom is 0.291 e. The van der Waals surface area contributed by atoms with Crippen LogP contribution in [-0.4, -0.2) is 23.2 Å². The van der Waals surface area contributed by atoms with Gasteiger partial charge in [-0.05, 0) is 12.5 Å². The Bertz CT molecular complexity index is 411. The van der Waals surface area contributed by atoms with Gasteiger partial charge in [-0.25, -0.2) is 0 Å². The van der Waals surface area contributed by atoms with Crippen molar-refractivity contribution in [2.24, 2.45) is 0 Å². The summed E-state index contributed by atoms with van der Waals surface area (Å²) in [4.78, 5) is 11.5. The monoisotopic (exact) mass is 231 g/mol. The lowest BCUT2D eigenvalue weighted by atomic mass is 10.2. The van der Waals surface area contributed by atoms with Gasteiger partial charge in [-0.15, -0.1) is 0 Å². The summed E-state index contributed by atoms with van der Waals surface area (Å²) in [5, 5.41) is 9.47. The molecule has 0 radical (unpaired) electrons. The minimum absolute atomic E-state index is 0.213. The number of hydrogen-bond donors (Lipinski definition) is 1. The minimum atomic E-state index is -0.733. The number of pyridine rings is 1. The predicted molar refractivity (Wildman–Crippen MR) is 52.2 cm³/mol. The maximum absolute atomic E-state index is 11.5. The van der Waals surface area contributed by atoms with Gasteiger partial charge in [-0.1, -0.05) is 11.6 Å². The van der Waals surface area contributed by atoms with E-state index in [0.29, 0.717) is 17.9 Å². The molecule has 1 aliphatic heterocycles. The molecule has 1 aromatic rings. The SMILES string of the molecule is O=c1c(C2OCCCO2)cc(Cl)cn1O. The molecule has 1 fully saturated rings. The average molecular weight is 232 g/mol. The van der Waals surface area contributed by atoms with Gasteiger partial charge in [0.25, 0.3) is 5.56 Å². The molecule has 2 heterocycles. The van der Waals surface area contributed by atoms with Crippen molar-refractivity contribution in [3.63, 3.8) is 0 Å². The molecule has 0 saturated carbocycles. The first kappa shape index (κ1) is 10.5. The molecule has 1 aliphatic rings. The fourth-order valence-corrected chi connectivity index (χ4v) is 1.60. The second kappa shape index (κ2) is 4.22. The predicted octanol–water partition coefficient (Wildman–Crippen LogP) is 1.17. The molecule has 1 N–H and O–H groups in total. The van der Waals surface area contributed by atoms with Crippen LogP contribution < -0.4 is 5.56 Å². The van der Waals surface area contributed by atoms with Crippen molar-refractivity contribution in [3.8, 4) is 0 Å². The second-order valence-electron chi connectivity index (χ2n) is 3.19. The van der Waals surface area contributed by atoms with Crippen molar-refractivity contribution < 1.29 is 14.7 Å². The van der Waals surface area contributed by atoms with Gasteiger partial charge in [-0.3, -0.25) is 4.79 Å². The number of nitrogens with zero attached hydrogens (tertiary/aromatic N) is 1. The largest absolute Gasteiger partial charge is 0.425 e. The van der Waals surface area contributed by atoms with Crippen molar-refractivity contribution in [1.82, 2.24) is 4.73 Å². The fourth-order valence-electron chi connectivity index (χ4n) is 1.39. The summed E-state index contributed by atoms with van der Waals surface area (Å²) < 4.78 is 10.9. The lowest BCUT2D eigenvalue weighted by molar-refractivity contribution is -0.184. The van der Waals surface area contributed by atoms with Gasteiger partial charge in [0.15, 0.2) is 6.29 Å². The number of rotatable bonds is 1. The Morgan fingerprint density at radius 3 is 2.80 bits per heavy atom. The zero-order valence-corrected chi connectivity index (χ0v) is 8.61. The van der Waals surface area contributed by atoms with Crippen molar-refractivity contribution >= 4 is 11.6 Å². The average Bonchev–Trinajstić information content (AvgIpc) is 2.24. The van der Waals surface area contributed by atoms with E-state index in [9.17, 15) is 10.0 Å². The maximum atomic E-state index is 11.5. The van der Waals surface area contributed by atoms with Crippen LogP contribution in [0.15, 0.2) is 17.1 Å². The van der Waals surface area contributed by atoms with Gasteiger partial charge in [0, 0.05) is 0 Å². The summed E-state index contributed by atoms with van der Waals surface area (Å²) in [6.07, 6.45) is 1.18.